The minimum Gasteiger partial charge on any atom is -0.353 e. The molecule has 0 bridgehead atoms. The molecule has 8 heteroatoms. The zero-order valence-corrected chi connectivity index (χ0v) is 16.3. The Hall–Kier alpha value is -2.90. The first-order valence-electron chi connectivity index (χ1n) is 9.90. The molecule has 8 nitrogen and oxygen atoms in total. The van der Waals surface area contributed by atoms with E-state index in [0.717, 1.165) is 30.4 Å². The van der Waals surface area contributed by atoms with Crippen LogP contribution in [0.15, 0.2) is 30.5 Å². The third-order valence-corrected chi connectivity index (χ3v) is 5.37. The highest BCUT2D eigenvalue weighted by atomic mass is 16.2. The first kappa shape index (κ1) is 18.5. The van der Waals surface area contributed by atoms with E-state index in [2.05, 4.69) is 15.0 Å². The van der Waals surface area contributed by atoms with Gasteiger partial charge in [-0.15, -0.1) is 0 Å². The van der Waals surface area contributed by atoms with E-state index >= 15 is 0 Å². The smallest absolute Gasteiger partial charge is 0.229 e. The Kier molecular flexibility index (Phi) is 5.27. The van der Waals surface area contributed by atoms with E-state index in [4.69, 9.17) is 0 Å². The second kappa shape index (κ2) is 8.00. The Morgan fingerprint density at radius 3 is 2.71 bits per heavy atom. The first-order valence-corrected chi connectivity index (χ1v) is 9.90. The molecule has 0 N–H and O–H groups in total. The van der Waals surface area contributed by atoms with Gasteiger partial charge in [0.15, 0.2) is 0 Å². The number of hydrogen-bond donors (Lipinski definition) is 0. The Morgan fingerprint density at radius 2 is 1.96 bits per heavy atom. The van der Waals surface area contributed by atoms with Crippen molar-refractivity contribution >= 4 is 23.5 Å². The molecule has 148 valence electrons. The molecular formula is C20H26N6O2. The van der Waals surface area contributed by atoms with E-state index < -0.39 is 0 Å². The Morgan fingerprint density at radius 1 is 1.14 bits per heavy atom. The lowest BCUT2D eigenvalue weighted by Crippen LogP contribution is -2.49. The summed E-state index contributed by atoms with van der Waals surface area (Å²) < 4.78 is 1.88. The monoisotopic (exact) mass is 382 g/mol. The summed E-state index contributed by atoms with van der Waals surface area (Å²) in [6.07, 6.45) is 3.38. The average Bonchev–Trinajstić information content (AvgIpc) is 3.11. The van der Waals surface area contributed by atoms with Crippen LogP contribution in [0.2, 0.25) is 0 Å². The van der Waals surface area contributed by atoms with Gasteiger partial charge < -0.3 is 9.80 Å². The molecule has 0 atom stereocenters. The summed E-state index contributed by atoms with van der Waals surface area (Å²) >= 11 is 0. The quantitative estimate of drug-likeness (QED) is 0.783. The summed E-state index contributed by atoms with van der Waals surface area (Å²) in [7, 11) is 0. The number of carbonyl (C=O) groups is 2. The molecule has 2 aliphatic rings. The molecule has 2 aromatic heterocycles. The number of nitrogens with zero attached hydrogens (tertiary/aromatic N) is 6. The molecule has 0 saturated carbocycles. The summed E-state index contributed by atoms with van der Waals surface area (Å²) in [4.78, 5) is 35.2. The third-order valence-electron chi connectivity index (χ3n) is 5.37. The Balaban J connectivity index is 1.26. The number of carbonyl (C=O) groups excluding carboxylic acids is 2. The van der Waals surface area contributed by atoms with Gasteiger partial charge in [-0.1, -0.05) is 6.07 Å². The van der Waals surface area contributed by atoms with Crippen molar-refractivity contribution < 1.29 is 9.59 Å². The highest BCUT2D eigenvalue weighted by molar-refractivity contribution is 5.93. The molecule has 0 radical (unpaired) electrons. The van der Waals surface area contributed by atoms with E-state index in [0.29, 0.717) is 45.4 Å². The molecule has 2 amide bonds. The van der Waals surface area contributed by atoms with Crippen LogP contribution in [0.3, 0.4) is 0 Å². The second-order valence-electron chi connectivity index (χ2n) is 7.32. The molecule has 2 aromatic rings. The van der Waals surface area contributed by atoms with Crippen LogP contribution in [0, 0.1) is 6.92 Å². The highest BCUT2D eigenvalue weighted by Crippen LogP contribution is 2.23. The lowest BCUT2D eigenvalue weighted by atomic mass is 10.2. The summed E-state index contributed by atoms with van der Waals surface area (Å²) in [6.45, 7) is 6.15. The van der Waals surface area contributed by atoms with Gasteiger partial charge in [0.1, 0.15) is 11.6 Å². The van der Waals surface area contributed by atoms with Gasteiger partial charge in [0.25, 0.3) is 0 Å². The fourth-order valence-corrected chi connectivity index (χ4v) is 3.89. The van der Waals surface area contributed by atoms with Crippen LogP contribution < -0.4 is 9.80 Å². The van der Waals surface area contributed by atoms with Crippen molar-refractivity contribution in [2.45, 2.75) is 32.7 Å². The van der Waals surface area contributed by atoms with Gasteiger partial charge in [0, 0.05) is 57.8 Å². The zero-order chi connectivity index (χ0) is 19.5. The van der Waals surface area contributed by atoms with Crippen molar-refractivity contribution in [1.29, 1.82) is 0 Å². The average molecular weight is 382 g/mol. The number of pyridine rings is 1. The summed E-state index contributed by atoms with van der Waals surface area (Å²) in [5.74, 6) is 2.09. The number of rotatable bonds is 5. The molecule has 0 aliphatic carbocycles. The van der Waals surface area contributed by atoms with Gasteiger partial charge in [0.05, 0.1) is 12.2 Å². The van der Waals surface area contributed by atoms with Crippen LogP contribution in [-0.4, -0.2) is 64.2 Å². The Labute approximate surface area is 164 Å². The van der Waals surface area contributed by atoms with Crippen molar-refractivity contribution in [3.8, 4) is 0 Å². The van der Waals surface area contributed by atoms with E-state index in [1.807, 2.05) is 40.8 Å². The molecule has 1 saturated heterocycles. The van der Waals surface area contributed by atoms with Crippen molar-refractivity contribution in [1.82, 2.24) is 19.7 Å². The van der Waals surface area contributed by atoms with E-state index in [-0.39, 0.29) is 11.8 Å². The molecule has 2 aliphatic heterocycles. The van der Waals surface area contributed by atoms with Gasteiger partial charge in [-0.3, -0.25) is 14.5 Å². The zero-order valence-electron chi connectivity index (χ0n) is 16.3. The first-order chi connectivity index (χ1) is 13.6. The maximum atomic E-state index is 12.6. The molecule has 0 spiro atoms. The summed E-state index contributed by atoms with van der Waals surface area (Å²) in [5.41, 5.74) is 0.913. The van der Waals surface area contributed by atoms with Gasteiger partial charge in [-0.25, -0.2) is 9.67 Å². The predicted octanol–water partition coefficient (Wildman–Crippen LogP) is 1.45. The van der Waals surface area contributed by atoms with Crippen LogP contribution in [0.25, 0.3) is 0 Å². The van der Waals surface area contributed by atoms with Gasteiger partial charge in [0.2, 0.25) is 11.8 Å². The molecular weight excluding hydrogens is 356 g/mol. The molecule has 1 fully saturated rings. The van der Waals surface area contributed by atoms with Crippen molar-refractivity contribution in [3.05, 3.63) is 36.2 Å². The number of piperazine rings is 1. The summed E-state index contributed by atoms with van der Waals surface area (Å²) in [5, 5.41) is 4.42. The fourth-order valence-electron chi connectivity index (χ4n) is 3.89. The van der Waals surface area contributed by atoms with Crippen LogP contribution in [0.5, 0.6) is 0 Å². The fraction of sp³-hybridized carbons (Fsp3) is 0.500. The minimum atomic E-state index is 0.115. The van der Waals surface area contributed by atoms with Gasteiger partial charge in [-0.2, -0.15) is 5.10 Å². The number of aryl methyl sites for hydroxylation is 2. The standard InChI is InChI=1S/C20H26N6O2/c1-16-15-18-25(20(28)7-10-26(18)22-16)9-4-6-19(27)24-13-11-23(12-14-24)17-5-2-3-8-21-17/h2-3,5,8,15H,4,6-7,9-14H2,1H3. The van der Waals surface area contributed by atoms with Crippen molar-refractivity contribution in [2.24, 2.45) is 0 Å². The lowest BCUT2D eigenvalue weighted by molar-refractivity contribution is -0.131. The molecule has 4 heterocycles. The van der Waals surface area contributed by atoms with E-state index in [9.17, 15) is 9.59 Å². The topological polar surface area (TPSA) is 74.6 Å². The number of hydrogen-bond acceptors (Lipinski definition) is 5. The van der Waals surface area contributed by atoms with Gasteiger partial charge in [-0.05, 0) is 25.5 Å². The van der Waals surface area contributed by atoms with Crippen LogP contribution in [-0.2, 0) is 16.1 Å². The SMILES string of the molecule is Cc1cc2n(n1)CCC(=O)N2CCCC(=O)N1CCN(c2ccccn2)CC1. The highest BCUT2D eigenvalue weighted by Gasteiger charge is 2.26. The molecule has 0 unspecified atom stereocenters. The number of fused-ring (bicyclic) bond motifs is 1. The lowest BCUT2D eigenvalue weighted by Gasteiger charge is -2.35. The maximum Gasteiger partial charge on any atom is 0.229 e. The van der Waals surface area contributed by atoms with Crippen LogP contribution >= 0.6 is 0 Å². The number of anilines is 2. The minimum absolute atomic E-state index is 0.115. The van der Waals surface area contributed by atoms with E-state index in [1.165, 1.54) is 0 Å². The molecule has 28 heavy (non-hydrogen) atoms. The van der Waals surface area contributed by atoms with Crippen molar-refractivity contribution in [3.63, 3.8) is 0 Å². The number of amides is 2. The predicted molar refractivity (Wildman–Crippen MR) is 106 cm³/mol. The van der Waals surface area contributed by atoms with Crippen LogP contribution in [0.4, 0.5) is 11.6 Å². The van der Waals surface area contributed by atoms with Gasteiger partial charge >= 0.3 is 0 Å². The molecule has 4 rings (SSSR count). The van der Waals surface area contributed by atoms with Crippen LogP contribution in [0.1, 0.15) is 25.0 Å². The second-order valence-corrected chi connectivity index (χ2v) is 7.32. The van der Waals surface area contributed by atoms with E-state index in [1.54, 1.807) is 11.1 Å². The third kappa shape index (κ3) is 3.85. The largest absolute Gasteiger partial charge is 0.353 e. The Bertz CT molecular complexity index is 842. The van der Waals surface area contributed by atoms with Crippen molar-refractivity contribution in [2.75, 3.05) is 42.5 Å². The maximum absolute atomic E-state index is 12.6. The summed E-state index contributed by atoms with van der Waals surface area (Å²) in [6, 6.07) is 7.83. The molecule has 0 aromatic carbocycles. The normalized spacial score (nSPS) is 17.0. The number of aromatic nitrogens is 3.